The second-order valence-corrected chi connectivity index (χ2v) is 7.62. The number of ether oxygens (including phenoxy) is 1. The van der Waals surface area contributed by atoms with Gasteiger partial charge in [-0.3, -0.25) is 9.59 Å². The number of fused-ring (bicyclic) bond motifs is 1. The molecule has 0 aliphatic carbocycles. The van der Waals surface area contributed by atoms with Crippen molar-refractivity contribution in [1.29, 1.82) is 0 Å². The van der Waals surface area contributed by atoms with E-state index in [1.54, 1.807) is 0 Å². The van der Waals surface area contributed by atoms with E-state index in [2.05, 4.69) is 15.6 Å². The predicted molar refractivity (Wildman–Crippen MR) is 98.4 cm³/mol. The third-order valence-electron chi connectivity index (χ3n) is 4.19. The molecule has 2 heterocycles. The van der Waals surface area contributed by atoms with Crippen molar-refractivity contribution < 1.29 is 14.3 Å². The minimum atomic E-state index is -0.378. The first-order chi connectivity index (χ1) is 12.3. The normalized spacial score (nSPS) is 17.4. The van der Waals surface area contributed by atoms with Gasteiger partial charge in [0.15, 0.2) is 0 Å². The van der Waals surface area contributed by atoms with Gasteiger partial charge in [-0.2, -0.15) is 0 Å². The number of amides is 2. The molecule has 1 aliphatic rings. The summed E-state index contributed by atoms with van der Waals surface area (Å²) in [7, 11) is 0. The van der Waals surface area contributed by atoms with E-state index >= 15 is 0 Å². The lowest BCUT2D eigenvalue weighted by Gasteiger charge is -2.21. The number of benzene rings is 1. The first-order valence-electron chi connectivity index (χ1n) is 8.98. The van der Waals surface area contributed by atoms with Crippen LogP contribution >= 0.6 is 0 Å². The number of hydrogen-bond donors (Lipinski definition) is 2. The second-order valence-electron chi connectivity index (χ2n) is 7.62. The van der Waals surface area contributed by atoms with Crippen molar-refractivity contribution in [3.8, 4) is 0 Å². The minimum absolute atomic E-state index is 0.0904. The van der Waals surface area contributed by atoms with Gasteiger partial charge in [-0.05, 0) is 45.7 Å². The Morgan fingerprint density at radius 1 is 1.31 bits per heavy atom. The predicted octanol–water partition coefficient (Wildman–Crippen LogP) is 1.75. The summed E-state index contributed by atoms with van der Waals surface area (Å²) in [6.07, 6.45) is 1.27. The smallest absolute Gasteiger partial charge is 0.249 e. The first-order valence-corrected chi connectivity index (χ1v) is 8.98. The summed E-state index contributed by atoms with van der Waals surface area (Å²) in [6, 6.07) is 7.65. The van der Waals surface area contributed by atoms with Crippen LogP contribution in [0.3, 0.4) is 0 Å². The van der Waals surface area contributed by atoms with Crippen molar-refractivity contribution in [3.63, 3.8) is 0 Å². The molecule has 1 aromatic carbocycles. The Kier molecular flexibility index (Phi) is 5.27. The van der Waals surface area contributed by atoms with E-state index in [1.165, 1.54) is 0 Å². The Labute approximate surface area is 153 Å². The highest BCUT2D eigenvalue weighted by molar-refractivity contribution is 5.82. The maximum absolute atomic E-state index is 12.4. The standard InChI is InChI=1S/C19H26N4O3/c1-19(2,3)22-17(24)12-23-14-8-5-4-7-13(14)21-16(23)11-20-18(25)15-9-6-10-26-15/h4-5,7-8,15H,6,9-12H2,1-3H3,(H,20,25)(H,22,24). The van der Waals surface area contributed by atoms with E-state index < -0.39 is 0 Å². The molecule has 26 heavy (non-hydrogen) atoms. The fraction of sp³-hybridized carbons (Fsp3) is 0.526. The molecule has 3 rings (SSSR count). The first kappa shape index (κ1) is 18.4. The number of imidazole rings is 1. The van der Waals surface area contributed by atoms with E-state index in [0.717, 1.165) is 23.9 Å². The van der Waals surface area contributed by atoms with Gasteiger partial charge in [-0.25, -0.2) is 4.98 Å². The van der Waals surface area contributed by atoms with E-state index in [-0.39, 0.29) is 36.5 Å². The maximum atomic E-state index is 12.4. The fourth-order valence-electron chi connectivity index (χ4n) is 3.10. The van der Waals surface area contributed by atoms with Gasteiger partial charge < -0.3 is 19.9 Å². The number of carbonyl (C=O) groups excluding carboxylic acids is 2. The summed E-state index contributed by atoms with van der Waals surface area (Å²) in [5.74, 6) is 0.439. The Hall–Kier alpha value is -2.41. The van der Waals surface area contributed by atoms with Crippen LogP contribution in [0.5, 0.6) is 0 Å². The molecule has 0 saturated carbocycles. The molecule has 1 aromatic heterocycles. The average molecular weight is 358 g/mol. The van der Waals surface area contributed by atoms with Crippen molar-refractivity contribution in [2.45, 2.75) is 58.3 Å². The molecule has 140 valence electrons. The summed E-state index contributed by atoms with van der Waals surface area (Å²) >= 11 is 0. The minimum Gasteiger partial charge on any atom is -0.368 e. The van der Waals surface area contributed by atoms with Crippen LogP contribution in [0.4, 0.5) is 0 Å². The van der Waals surface area contributed by atoms with Crippen LogP contribution < -0.4 is 10.6 Å². The Bertz CT molecular complexity index is 801. The number of aromatic nitrogens is 2. The van der Waals surface area contributed by atoms with E-state index in [0.29, 0.717) is 12.4 Å². The molecule has 0 bridgehead atoms. The SMILES string of the molecule is CC(C)(C)NC(=O)Cn1c(CNC(=O)C2CCCO2)nc2ccccc21. The van der Waals surface area contributed by atoms with E-state index in [4.69, 9.17) is 4.74 Å². The van der Waals surface area contributed by atoms with Crippen molar-refractivity contribution in [2.24, 2.45) is 0 Å². The quantitative estimate of drug-likeness (QED) is 0.853. The molecule has 1 unspecified atom stereocenters. The second kappa shape index (κ2) is 7.45. The molecule has 1 atom stereocenters. The third-order valence-corrected chi connectivity index (χ3v) is 4.19. The molecule has 0 radical (unpaired) electrons. The highest BCUT2D eigenvalue weighted by atomic mass is 16.5. The lowest BCUT2D eigenvalue weighted by Crippen LogP contribution is -2.42. The van der Waals surface area contributed by atoms with Crippen LogP contribution in [0, 0.1) is 0 Å². The number of rotatable bonds is 5. The van der Waals surface area contributed by atoms with Crippen molar-refractivity contribution >= 4 is 22.8 Å². The number of nitrogens with zero attached hydrogens (tertiary/aromatic N) is 2. The van der Waals surface area contributed by atoms with Crippen LogP contribution in [0.15, 0.2) is 24.3 Å². The molecule has 1 aliphatic heterocycles. The molecule has 2 amide bonds. The zero-order chi connectivity index (χ0) is 18.7. The lowest BCUT2D eigenvalue weighted by molar-refractivity contribution is -0.130. The summed E-state index contributed by atoms with van der Waals surface area (Å²) < 4.78 is 7.26. The highest BCUT2D eigenvalue weighted by Gasteiger charge is 2.24. The number of carbonyl (C=O) groups is 2. The van der Waals surface area contributed by atoms with Crippen LogP contribution in [-0.4, -0.2) is 39.6 Å². The van der Waals surface area contributed by atoms with Gasteiger partial charge in [0.1, 0.15) is 18.5 Å². The van der Waals surface area contributed by atoms with Crippen molar-refractivity contribution in [3.05, 3.63) is 30.1 Å². The molecule has 7 nitrogen and oxygen atoms in total. The number of para-hydroxylation sites is 2. The molecule has 1 fully saturated rings. The van der Waals surface area contributed by atoms with E-state index in [1.807, 2.05) is 49.6 Å². The number of nitrogens with one attached hydrogen (secondary N) is 2. The van der Waals surface area contributed by atoms with Crippen LogP contribution in [0.1, 0.15) is 39.4 Å². The van der Waals surface area contributed by atoms with Crippen LogP contribution in [0.2, 0.25) is 0 Å². The molecule has 2 aromatic rings. The summed E-state index contributed by atoms with van der Waals surface area (Å²) in [4.78, 5) is 29.2. The van der Waals surface area contributed by atoms with Crippen molar-refractivity contribution in [2.75, 3.05) is 6.61 Å². The van der Waals surface area contributed by atoms with Gasteiger partial charge in [0, 0.05) is 12.1 Å². The summed E-state index contributed by atoms with van der Waals surface area (Å²) in [5.41, 5.74) is 1.37. The zero-order valence-electron chi connectivity index (χ0n) is 15.5. The van der Waals surface area contributed by atoms with Crippen LogP contribution in [0.25, 0.3) is 11.0 Å². The molecule has 2 N–H and O–H groups in total. The fourth-order valence-corrected chi connectivity index (χ4v) is 3.10. The van der Waals surface area contributed by atoms with Crippen molar-refractivity contribution in [1.82, 2.24) is 20.2 Å². The maximum Gasteiger partial charge on any atom is 0.249 e. The molecule has 1 saturated heterocycles. The average Bonchev–Trinajstić information content (AvgIpc) is 3.20. The van der Waals surface area contributed by atoms with Gasteiger partial charge in [-0.15, -0.1) is 0 Å². The van der Waals surface area contributed by atoms with Gasteiger partial charge >= 0.3 is 0 Å². The Morgan fingerprint density at radius 3 is 2.77 bits per heavy atom. The van der Waals surface area contributed by atoms with Gasteiger partial charge in [0.25, 0.3) is 0 Å². The largest absolute Gasteiger partial charge is 0.368 e. The number of hydrogen-bond acceptors (Lipinski definition) is 4. The zero-order valence-corrected chi connectivity index (χ0v) is 15.5. The topological polar surface area (TPSA) is 85.2 Å². The third kappa shape index (κ3) is 4.40. The highest BCUT2D eigenvalue weighted by Crippen LogP contribution is 2.17. The molecule has 7 heteroatoms. The van der Waals surface area contributed by atoms with E-state index in [9.17, 15) is 9.59 Å². The Morgan fingerprint density at radius 2 is 2.08 bits per heavy atom. The van der Waals surface area contributed by atoms with Crippen LogP contribution in [-0.2, 0) is 27.4 Å². The van der Waals surface area contributed by atoms with Gasteiger partial charge in [-0.1, -0.05) is 12.1 Å². The van der Waals surface area contributed by atoms with Gasteiger partial charge in [0.2, 0.25) is 11.8 Å². The lowest BCUT2D eigenvalue weighted by atomic mass is 10.1. The molecular formula is C19H26N4O3. The molecule has 0 spiro atoms. The summed E-state index contributed by atoms with van der Waals surface area (Å²) in [6.45, 7) is 6.88. The Balaban J connectivity index is 1.77. The monoisotopic (exact) mass is 358 g/mol. The molecular weight excluding hydrogens is 332 g/mol. The van der Waals surface area contributed by atoms with Gasteiger partial charge in [0.05, 0.1) is 17.6 Å². The summed E-state index contributed by atoms with van der Waals surface area (Å²) in [5, 5.41) is 5.85.